The molecule has 1 aromatic rings. The quantitative estimate of drug-likeness (QED) is 0.576. The monoisotopic (exact) mass is 280 g/mol. The number of nitrogens with two attached hydrogens (primary N) is 1. The first-order valence-corrected chi connectivity index (χ1v) is 7.81. The van der Waals surface area contributed by atoms with Gasteiger partial charge in [0.2, 0.25) is 0 Å². The summed E-state index contributed by atoms with van der Waals surface area (Å²) in [6.45, 7) is 4.97. The third kappa shape index (κ3) is 5.23. The average molecular weight is 280 g/mol. The first kappa shape index (κ1) is 16.5. The SMILES string of the molecule is CCCCCCCCNC(=O)c1n[nH]c(CCC)c1N. The molecule has 1 amide bonds. The van der Waals surface area contributed by atoms with Gasteiger partial charge in [-0.25, -0.2) is 0 Å². The van der Waals surface area contributed by atoms with E-state index in [1.165, 1.54) is 25.7 Å². The van der Waals surface area contributed by atoms with Crippen molar-refractivity contribution >= 4 is 11.6 Å². The number of nitrogens with one attached hydrogen (secondary N) is 2. The van der Waals surface area contributed by atoms with Gasteiger partial charge in [0.1, 0.15) is 0 Å². The van der Waals surface area contributed by atoms with Crippen LogP contribution in [-0.4, -0.2) is 22.6 Å². The topological polar surface area (TPSA) is 83.8 Å². The first-order chi connectivity index (χ1) is 9.70. The summed E-state index contributed by atoms with van der Waals surface area (Å²) in [7, 11) is 0. The minimum absolute atomic E-state index is 0.172. The summed E-state index contributed by atoms with van der Waals surface area (Å²) in [5.74, 6) is -0.172. The number of aromatic amines is 1. The lowest BCUT2D eigenvalue weighted by molar-refractivity contribution is 0.0949. The van der Waals surface area contributed by atoms with Gasteiger partial charge in [-0.1, -0.05) is 52.4 Å². The van der Waals surface area contributed by atoms with Crippen LogP contribution in [0.4, 0.5) is 5.69 Å². The Kier molecular flexibility index (Phi) is 7.77. The third-order valence-corrected chi connectivity index (χ3v) is 3.41. The number of H-pyrrole nitrogens is 1. The molecule has 1 rings (SSSR count). The van der Waals surface area contributed by atoms with E-state index in [1.807, 2.05) is 0 Å². The van der Waals surface area contributed by atoms with E-state index >= 15 is 0 Å². The standard InChI is InChI=1S/C15H28N4O/c1-3-5-6-7-8-9-11-17-15(20)14-13(16)12(10-4-2)18-19-14/h3-11,16H2,1-2H3,(H,17,20)(H,18,19). The van der Waals surface area contributed by atoms with Gasteiger partial charge in [-0.2, -0.15) is 5.10 Å². The van der Waals surface area contributed by atoms with Crippen LogP contribution in [-0.2, 0) is 6.42 Å². The Morgan fingerprint density at radius 2 is 1.85 bits per heavy atom. The second kappa shape index (κ2) is 9.39. The molecule has 0 aromatic carbocycles. The highest BCUT2D eigenvalue weighted by molar-refractivity contribution is 5.97. The number of hydrogen-bond acceptors (Lipinski definition) is 3. The van der Waals surface area contributed by atoms with Crippen LogP contribution < -0.4 is 11.1 Å². The average Bonchev–Trinajstić information content (AvgIpc) is 2.80. The molecule has 0 aliphatic heterocycles. The maximum atomic E-state index is 11.9. The molecular weight excluding hydrogens is 252 g/mol. The van der Waals surface area contributed by atoms with Crippen LogP contribution in [0.15, 0.2) is 0 Å². The maximum absolute atomic E-state index is 11.9. The van der Waals surface area contributed by atoms with Gasteiger partial charge in [0.15, 0.2) is 5.69 Å². The van der Waals surface area contributed by atoms with Gasteiger partial charge < -0.3 is 11.1 Å². The summed E-state index contributed by atoms with van der Waals surface area (Å²) in [5.41, 5.74) is 7.61. The second-order valence-corrected chi connectivity index (χ2v) is 5.24. The van der Waals surface area contributed by atoms with Gasteiger partial charge in [-0.3, -0.25) is 9.89 Å². The van der Waals surface area contributed by atoms with Gasteiger partial charge in [0, 0.05) is 6.54 Å². The number of nitrogens with zero attached hydrogens (tertiary/aromatic N) is 1. The highest BCUT2D eigenvalue weighted by atomic mass is 16.1. The van der Waals surface area contributed by atoms with Crippen LogP contribution in [0.2, 0.25) is 0 Å². The zero-order valence-electron chi connectivity index (χ0n) is 12.8. The number of anilines is 1. The lowest BCUT2D eigenvalue weighted by Gasteiger charge is -2.04. The highest BCUT2D eigenvalue weighted by Gasteiger charge is 2.15. The zero-order valence-corrected chi connectivity index (χ0v) is 12.8. The minimum Gasteiger partial charge on any atom is -0.395 e. The fourth-order valence-electron chi connectivity index (χ4n) is 2.19. The van der Waals surface area contributed by atoms with Crippen molar-refractivity contribution in [2.24, 2.45) is 0 Å². The molecule has 0 unspecified atom stereocenters. The molecule has 0 saturated heterocycles. The predicted molar refractivity (Wildman–Crippen MR) is 82.7 cm³/mol. The molecule has 0 radical (unpaired) electrons. The van der Waals surface area contributed by atoms with Crippen LogP contribution >= 0.6 is 0 Å². The van der Waals surface area contributed by atoms with Gasteiger partial charge in [-0.05, 0) is 12.8 Å². The second-order valence-electron chi connectivity index (χ2n) is 5.24. The molecule has 0 aliphatic carbocycles. The van der Waals surface area contributed by atoms with Crippen molar-refractivity contribution in [2.45, 2.75) is 65.2 Å². The molecule has 5 nitrogen and oxygen atoms in total. The predicted octanol–water partition coefficient (Wildman–Crippen LogP) is 3.03. The van der Waals surface area contributed by atoms with E-state index in [0.717, 1.165) is 31.4 Å². The highest BCUT2D eigenvalue weighted by Crippen LogP contribution is 2.15. The summed E-state index contributed by atoms with van der Waals surface area (Å²) >= 11 is 0. The Morgan fingerprint density at radius 1 is 1.15 bits per heavy atom. The molecule has 0 aliphatic rings. The van der Waals surface area contributed by atoms with Gasteiger partial charge in [0.25, 0.3) is 5.91 Å². The number of aromatic nitrogens is 2. The van der Waals surface area contributed by atoms with E-state index in [2.05, 4.69) is 29.4 Å². The fourth-order valence-corrected chi connectivity index (χ4v) is 2.19. The van der Waals surface area contributed by atoms with E-state index in [-0.39, 0.29) is 5.91 Å². The molecule has 0 spiro atoms. The molecule has 5 heteroatoms. The lowest BCUT2D eigenvalue weighted by Crippen LogP contribution is -2.25. The number of hydrogen-bond donors (Lipinski definition) is 3. The first-order valence-electron chi connectivity index (χ1n) is 7.81. The Balaban J connectivity index is 2.25. The molecule has 4 N–H and O–H groups in total. The molecule has 1 aromatic heterocycles. The lowest BCUT2D eigenvalue weighted by atomic mass is 10.1. The van der Waals surface area contributed by atoms with E-state index in [1.54, 1.807) is 0 Å². The summed E-state index contributed by atoms with van der Waals surface area (Å²) in [4.78, 5) is 11.9. The number of amides is 1. The van der Waals surface area contributed by atoms with Crippen molar-refractivity contribution < 1.29 is 4.79 Å². The molecule has 0 saturated carbocycles. The molecular formula is C15H28N4O. The van der Waals surface area contributed by atoms with Gasteiger partial charge >= 0.3 is 0 Å². The van der Waals surface area contributed by atoms with Crippen molar-refractivity contribution in [1.29, 1.82) is 0 Å². The van der Waals surface area contributed by atoms with E-state index in [9.17, 15) is 4.79 Å². The third-order valence-electron chi connectivity index (χ3n) is 3.41. The van der Waals surface area contributed by atoms with Crippen molar-refractivity contribution in [3.8, 4) is 0 Å². The fraction of sp³-hybridized carbons (Fsp3) is 0.733. The number of rotatable bonds is 10. The van der Waals surface area contributed by atoms with Crippen LogP contribution in [0, 0.1) is 0 Å². The Bertz CT molecular complexity index is 401. The van der Waals surface area contributed by atoms with Gasteiger partial charge in [0.05, 0.1) is 11.4 Å². The largest absolute Gasteiger partial charge is 0.395 e. The van der Waals surface area contributed by atoms with E-state index in [4.69, 9.17) is 5.73 Å². The van der Waals surface area contributed by atoms with Crippen molar-refractivity contribution in [2.75, 3.05) is 12.3 Å². The molecule has 0 atom stereocenters. The maximum Gasteiger partial charge on any atom is 0.273 e. The van der Waals surface area contributed by atoms with Crippen LogP contribution in [0.1, 0.15) is 75.0 Å². The normalized spacial score (nSPS) is 10.7. The number of aryl methyl sites for hydroxylation is 1. The number of carbonyl (C=O) groups excluding carboxylic acids is 1. The Hall–Kier alpha value is -1.52. The molecule has 0 bridgehead atoms. The van der Waals surface area contributed by atoms with Crippen molar-refractivity contribution in [1.82, 2.24) is 15.5 Å². The molecule has 114 valence electrons. The Labute approximate surface area is 121 Å². The summed E-state index contributed by atoms with van der Waals surface area (Å²) < 4.78 is 0. The molecule has 20 heavy (non-hydrogen) atoms. The van der Waals surface area contributed by atoms with Crippen LogP contribution in [0.5, 0.6) is 0 Å². The van der Waals surface area contributed by atoms with Crippen molar-refractivity contribution in [3.63, 3.8) is 0 Å². The zero-order chi connectivity index (χ0) is 14.8. The van der Waals surface area contributed by atoms with Crippen LogP contribution in [0.3, 0.4) is 0 Å². The van der Waals surface area contributed by atoms with E-state index in [0.29, 0.717) is 17.9 Å². The van der Waals surface area contributed by atoms with E-state index < -0.39 is 0 Å². The molecule has 1 heterocycles. The van der Waals surface area contributed by atoms with Gasteiger partial charge in [-0.15, -0.1) is 0 Å². The minimum atomic E-state index is -0.172. The molecule has 0 fully saturated rings. The van der Waals surface area contributed by atoms with Crippen LogP contribution in [0.25, 0.3) is 0 Å². The van der Waals surface area contributed by atoms with Crippen molar-refractivity contribution in [3.05, 3.63) is 11.4 Å². The number of nitrogen functional groups attached to an aromatic ring is 1. The summed E-state index contributed by atoms with van der Waals surface area (Å²) in [6, 6.07) is 0. The summed E-state index contributed by atoms with van der Waals surface area (Å²) in [6.07, 6.45) is 9.07. The Morgan fingerprint density at radius 3 is 2.55 bits per heavy atom. The number of unbranched alkanes of at least 4 members (excludes halogenated alkanes) is 5. The number of carbonyl (C=O) groups is 1. The summed E-state index contributed by atoms with van der Waals surface area (Å²) in [5, 5.41) is 9.74. The smallest absolute Gasteiger partial charge is 0.273 e.